The summed E-state index contributed by atoms with van der Waals surface area (Å²) in [5, 5.41) is 0. The van der Waals surface area contributed by atoms with Gasteiger partial charge >= 0.3 is 0 Å². The fourth-order valence-corrected chi connectivity index (χ4v) is 1.84. The van der Waals surface area contributed by atoms with Crippen LogP contribution in [0.4, 0.5) is 0 Å². The van der Waals surface area contributed by atoms with Crippen molar-refractivity contribution in [2.24, 2.45) is 0 Å². The lowest BCUT2D eigenvalue weighted by molar-refractivity contribution is 0.548. The smallest absolute Gasteiger partial charge is 0.177 e. The molecule has 1 heterocycles. The highest BCUT2D eigenvalue weighted by Crippen LogP contribution is 2.24. The van der Waals surface area contributed by atoms with Crippen LogP contribution in [0.2, 0.25) is 0 Å². The average Bonchev–Trinajstić information content (AvgIpc) is 2.48. The van der Waals surface area contributed by atoms with Crippen LogP contribution in [0.25, 0.3) is 0 Å². The van der Waals surface area contributed by atoms with E-state index in [1.165, 1.54) is 5.69 Å². The standard InChI is InChI=1S/C10H18N2S2/c1-5-8-6-11-9(13)12(8)7-10(2,3)14-4/h6H,5,7H2,1-4H3,(H,11,13). The van der Waals surface area contributed by atoms with Crippen molar-refractivity contribution in [1.82, 2.24) is 9.55 Å². The van der Waals surface area contributed by atoms with Crippen LogP contribution in [-0.2, 0) is 13.0 Å². The topological polar surface area (TPSA) is 20.7 Å². The zero-order chi connectivity index (χ0) is 10.8. The molecular weight excluding hydrogens is 212 g/mol. The first kappa shape index (κ1) is 11.9. The van der Waals surface area contributed by atoms with Gasteiger partial charge in [0.1, 0.15) is 0 Å². The minimum Gasteiger partial charge on any atom is -0.337 e. The number of aromatic amines is 1. The number of imidazole rings is 1. The van der Waals surface area contributed by atoms with Gasteiger partial charge in [0.15, 0.2) is 4.77 Å². The third-order valence-corrected chi connectivity index (χ3v) is 3.98. The predicted octanol–water partition coefficient (Wildman–Crippen LogP) is 3.25. The predicted molar refractivity (Wildman–Crippen MR) is 66.6 cm³/mol. The van der Waals surface area contributed by atoms with E-state index >= 15 is 0 Å². The molecule has 1 N–H and O–H groups in total. The number of thioether (sulfide) groups is 1. The Morgan fingerprint density at radius 3 is 2.71 bits per heavy atom. The molecule has 1 aromatic rings. The maximum atomic E-state index is 5.25. The molecular formula is C10H18N2S2. The van der Waals surface area contributed by atoms with Gasteiger partial charge < -0.3 is 9.55 Å². The summed E-state index contributed by atoms with van der Waals surface area (Å²) in [5.41, 5.74) is 1.29. The number of aromatic nitrogens is 2. The third-order valence-electron chi connectivity index (χ3n) is 2.41. The summed E-state index contributed by atoms with van der Waals surface area (Å²) in [6, 6.07) is 0. The van der Waals surface area contributed by atoms with Crippen LogP contribution < -0.4 is 0 Å². The van der Waals surface area contributed by atoms with Crippen LogP contribution in [0.1, 0.15) is 26.5 Å². The van der Waals surface area contributed by atoms with Crippen LogP contribution in [0.5, 0.6) is 0 Å². The van der Waals surface area contributed by atoms with Crippen molar-refractivity contribution in [3.8, 4) is 0 Å². The Bertz CT molecular complexity index is 349. The van der Waals surface area contributed by atoms with E-state index in [2.05, 4.69) is 36.6 Å². The molecule has 0 bridgehead atoms. The second-order valence-corrected chi connectivity index (χ2v) is 5.89. The van der Waals surface area contributed by atoms with E-state index in [0.717, 1.165) is 17.7 Å². The van der Waals surface area contributed by atoms with E-state index in [9.17, 15) is 0 Å². The Kier molecular flexibility index (Phi) is 3.84. The molecule has 0 saturated carbocycles. The van der Waals surface area contributed by atoms with E-state index < -0.39 is 0 Å². The van der Waals surface area contributed by atoms with Crippen molar-refractivity contribution in [2.45, 2.75) is 38.5 Å². The van der Waals surface area contributed by atoms with Crippen LogP contribution in [-0.4, -0.2) is 20.6 Å². The molecule has 1 rings (SSSR count). The van der Waals surface area contributed by atoms with Crippen molar-refractivity contribution < 1.29 is 0 Å². The normalized spacial score (nSPS) is 12.0. The summed E-state index contributed by atoms with van der Waals surface area (Å²) in [6.45, 7) is 7.61. The molecule has 14 heavy (non-hydrogen) atoms. The van der Waals surface area contributed by atoms with E-state index in [1.807, 2.05) is 18.0 Å². The summed E-state index contributed by atoms with van der Waals surface area (Å²) in [5.74, 6) is 0. The summed E-state index contributed by atoms with van der Waals surface area (Å²) in [7, 11) is 0. The first-order valence-corrected chi connectivity index (χ1v) is 6.45. The summed E-state index contributed by atoms with van der Waals surface area (Å²) in [6.07, 6.45) is 5.18. The Morgan fingerprint density at radius 1 is 1.57 bits per heavy atom. The minimum absolute atomic E-state index is 0.240. The van der Waals surface area contributed by atoms with Crippen molar-refractivity contribution >= 4 is 24.0 Å². The Labute approximate surface area is 95.1 Å². The Hall–Kier alpha value is -0.220. The molecule has 0 radical (unpaired) electrons. The first-order valence-electron chi connectivity index (χ1n) is 4.82. The molecule has 0 aliphatic rings. The van der Waals surface area contributed by atoms with E-state index in [0.29, 0.717) is 0 Å². The Balaban J connectivity index is 2.95. The second kappa shape index (κ2) is 4.53. The monoisotopic (exact) mass is 230 g/mol. The number of rotatable bonds is 4. The molecule has 4 heteroatoms. The number of aryl methyl sites for hydroxylation is 1. The number of H-pyrrole nitrogens is 1. The van der Waals surface area contributed by atoms with Gasteiger partial charge in [0.05, 0.1) is 0 Å². The molecule has 0 atom stereocenters. The van der Waals surface area contributed by atoms with Gasteiger partial charge in [0, 0.05) is 23.2 Å². The molecule has 0 saturated heterocycles. The molecule has 1 aromatic heterocycles. The van der Waals surface area contributed by atoms with Gasteiger partial charge in [0.2, 0.25) is 0 Å². The largest absolute Gasteiger partial charge is 0.337 e. The molecule has 0 aliphatic heterocycles. The Morgan fingerprint density at radius 2 is 2.21 bits per heavy atom. The van der Waals surface area contributed by atoms with Gasteiger partial charge in [-0.15, -0.1) is 0 Å². The number of hydrogen-bond donors (Lipinski definition) is 1. The van der Waals surface area contributed by atoms with Gasteiger partial charge in [-0.25, -0.2) is 0 Å². The van der Waals surface area contributed by atoms with Crippen LogP contribution in [0, 0.1) is 4.77 Å². The van der Waals surface area contributed by atoms with Crippen LogP contribution >= 0.6 is 24.0 Å². The fourth-order valence-electron chi connectivity index (χ4n) is 1.34. The summed E-state index contributed by atoms with van der Waals surface area (Å²) in [4.78, 5) is 3.10. The van der Waals surface area contributed by atoms with Crippen LogP contribution in [0.15, 0.2) is 6.20 Å². The van der Waals surface area contributed by atoms with Gasteiger partial charge in [-0.05, 0) is 38.7 Å². The zero-order valence-electron chi connectivity index (χ0n) is 9.26. The first-order chi connectivity index (χ1) is 6.50. The molecule has 0 aliphatic carbocycles. The van der Waals surface area contributed by atoms with Gasteiger partial charge in [-0.1, -0.05) is 6.92 Å². The lowest BCUT2D eigenvalue weighted by Gasteiger charge is -2.23. The quantitative estimate of drug-likeness (QED) is 0.802. The third kappa shape index (κ3) is 2.64. The highest BCUT2D eigenvalue weighted by Gasteiger charge is 2.18. The second-order valence-electron chi connectivity index (χ2n) is 3.99. The lowest BCUT2D eigenvalue weighted by Crippen LogP contribution is -2.23. The van der Waals surface area contributed by atoms with E-state index in [1.54, 1.807) is 0 Å². The van der Waals surface area contributed by atoms with Crippen molar-refractivity contribution in [3.05, 3.63) is 16.7 Å². The molecule has 0 aromatic carbocycles. The molecule has 0 spiro atoms. The van der Waals surface area contributed by atoms with Crippen molar-refractivity contribution in [2.75, 3.05) is 6.26 Å². The number of nitrogens with zero attached hydrogens (tertiary/aromatic N) is 1. The molecule has 0 amide bonds. The maximum Gasteiger partial charge on any atom is 0.177 e. The fraction of sp³-hybridized carbons (Fsp3) is 0.700. The van der Waals surface area contributed by atoms with Gasteiger partial charge in [0.25, 0.3) is 0 Å². The molecule has 2 nitrogen and oxygen atoms in total. The van der Waals surface area contributed by atoms with E-state index in [4.69, 9.17) is 12.2 Å². The maximum absolute atomic E-state index is 5.25. The average molecular weight is 230 g/mol. The van der Waals surface area contributed by atoms with E-state index in [-0.39, 0.29) is 4.75 Å². The van der Waals surface area contributed by atoms with Crippen molar-refractivity contribution in [1.29, 1.82) is 0 Å². The number of nitrogens with one attached hydrogen (secondary N) is 1. The minimum atomic E-state index is 0.240. The molecule has 0 fully saturated rings. The van der Waals surface area contributed by atoms with Crippen LogP contribution in [0.3, 0.4) is 0 Å². The SMILES string of the molecule is CCc1c[nH]c(=S)n1CC(C)(C)SC. The summed E-state index contributed by atoms with van der Waals surface area (Å²) >= 11 is 7.13. The van der Waals surface area contributed by atoms with Gasteiger partial charge in [-0.3, -0.25) is 0 Å². The number of hydrogen-bond acceptors (Lipinski definition) is 2. The van der Waals surface area contributed by atoms with Gasteiger partial charge in [-0.2, -0.15) is 11.8 Å². The van der Waals surface area contributed by atoms with Crippen molar-refractivity contribution in [3.63, 3.8) is 0 Å². The summed E-state index contributed by atoms with van der Waals surface area (Å²) < 4.78 is 3.28. The molecule has 0 unspecified atom stereocenters. The lowest BCUT2D eigenvalue weighted by atomic mass is 10.2. The highest BCUT2D eigenvalue weighted by atomic mass is 32.2. The highest BCUT2D eigenvalue weighted by molar-refractivity contribution is 7.99. The zero-order valence-corrected chi connectivity index (χ0v) is 10.9. The molecule has 80 valence electrons.